The minimum Gasteiger partial charge on any atom is -0.357 e. The highest BCUT2D eigenvalue weighted by molar-refractivity contribution is 5.89. The third kappa shape index (κ3) is 3.89. The second-order valence-electron chi connectivity index (χ2n) is 4.46. The fourth-order valence-electron chi connectivity index (χ4n) is 2.24. The van der Waals surface area contributed by atoms with Gasteiger partial charge in [-0.25, -0.2) is 0 Å². The van der Waals surface area contributed by atoms with E-state index in [9.17, 15) is 22.8 Å². The van der Waals surface area contributed by atoms with Crippen molar-refractivity contribution in [2.75, 3.05) is 7.05 Å². The molecule has 0 unspecified atom stereocenters. The van der Waals surface area contributed by atoms with Crippen molar-refractivity contribution in [2.24, 2.45) is 5.92 Å². The van der Waals surface area contributed by atoms with E-state index >= 15 is 0 Å². The number of rotatable bonds is 3. The maximum Gasteiger partial charge on any atom is 0.471 e. The van der Waals surface area contributed by atoms with Crippen molar-refractivity contribution in [3.05, 3.63) is 0 Å². The van der Waals surface area contributed by atoms with E-state index in [4.69, 9.17) is 0 Å². The summed E-state index contributed by atoms with van der Waals surface area (Å²) in [6.45, 7) is 0. The lowest BCUT2D eigenvalue weighted by atomic mass is 9.83. The van der Waals surface area contributed by atoms with Gasteiger partial charge in [0, 0.05) is 7.05 Å². The van der Waals surface area contributed by atoms with E-state index in [0.29, 0.717) is 12.8 Å². The van der Waals surface area contributed by atoms with Crippen LogP contribution in [-0.4, -0.2) is 31.1 Å². The first-order chi connectivity index (χ1) is 8.36. The maximum absolute atomic E-state index is 12.2. The number of amides is 2. The average molecular weight is 266 g/mol. The van der Waals surface area contributed by atoms with E-state index in [0.717, 1.165) is 19.3 Å². The predicted octanol–water partition coefficient (Wildman–Crippen LogP) is 1.36. The van der Waals surface area contributed by atoms with Crippen molar-refractivity contribution in [3.63, 3.8) is 0 Å². The normalized spacial score (nSPS) is 19.1. The van der Waals surface area contributed by atoms with Crippen LogP contribution in [0.1, 0.15) is 32.1 Å². The summed E-state index contributed by atoms with van der Waals surface area (Å²) in [5, 5.41) is 4.10. The summed E-state index contributed by atoms with van der Waals surface area (Å²) in [4.78, 5) is 22.5. The Labute approximate surface area is 103 Å². The van der Waals surface area contributed by atoms with E-state index in [2.05, 4.69) is 5.32 Å². The van der Waals surface area contributed by atoms with Gasteiger partial charge in [0.25, 0.3) is 0 Å². The van der Waals surface area contributed by atoms with Crippen LogP contribution in [0.4, 0.5) is 13.2 Å². The molecule has 0 aliphatic heterocycles. The third-order valence-electron chi connectivity index (χ3n) is 3.19. The molecule has 1 aliphatic rings. The van der Waals surface area contributed by atoms with Crippen molar-refractivity contribution < 1.29 is 22.8 Å². The summed E-state index contributed by atoms with van der Waals surface area (Å²) in [6, 6.07) is -1.09. The Kier molecular flexibility index (Phi) is 4.98. The molecule has 0 radical (unpaired) electrons. The van der Waals surface area contributed by atoms with Gasteiger partial charge >= 0.3 is 12.1 Å². The van der Waals surface area contributed by atoms with Gasteiger partial charge in [0.15, 0.2) is 0 Å². The van der Waals surface area contributed by atoms with E-state index in [1.54, 1.807) is 5.32 Å². The molecule has 0 aromatic carbocycles. The average Bonchev–Trinajstić information content (AvgIpc) is 2.34. The largest absolute Gasteiger partial charge is 0.471 e. The molecule has 0 aromatic heterocycles. The minimum atomic E-state index is -4.96. The van der Waals surface area contributed by atoms with Gasteiger partial charge in [-0.1, -0.05) is 19.3 Å². The number of likely N-dealkylation sites (N-methyl/N-ethyl adjacent to an activating group) is 1. The topological polar surface area (TPSA) is 58.2 Å². The van der Waals surface area contributed by atoms with Crippen LogP contribution in [-0.2, 0) is 9.59 Å². The summed E-state index contributed by atoms with van der Waals surface area (Å²) in [5.41, 5.74) is 0. The Hall–Kier alpha value is -1.27. The molecule has 1 aliphatic carbocycles. The fourth-order valence-corrected chi connectivity index (χ4v) is 2.24. The van der Waals surface area contributed by atoms with E-state index in [-0.39, 0.29) is 5.92 Å². The molecule has 1 atom stereocenters. The number of hydrogen-bond acceptors (Lipinski definition) is 2. The summed E-state index contributed by atoms with van der Waals surface area (Å²) >= 11 is 0. The van der Waals surface area contributed by atoms with Crippen LogP contribution in [0.3, 0.4) is 0 Å². The van der Waals surface area contributed by atoms with Crippen molar-refractivity contribution in [2.45, 2.75) is 44.3 Å². The van der Waals surface area contributed by atoms with Crippen molar-refractivity contribution in [1.82, 2.24) is 10.6 Å². The molecule has 2 amide bonds. The maximum atomic E-state index is 12.2. The van der Waals surface area contributed by atoms with Gasteiger partial charge < -0.3 is 10.6 Å². The highest BCUT2D eigenvalue weighted by Crippen LogP contribution is 2.27. The molecule has 0 heterocycles. The van der Waals surface area contributed by atoms with Crippen LogP contribution in [0.15, 0.2) is 0 Å². The number of carbonyl (C=O) groups is 2. The summed E-state index contributed by atoms with van der Waals surface area (Å²) < 4.78 is 36.6. The van der Waals surface area contributed by atoms with E-state index < -0.39 is 24.0 Å². The van der Waals surface area contributed by atoms with Gasteiger partial charge in [-0.2, -0.15) is 13.2 Å². The summed E-state index contributed by atoms with van der Waals surface area (Å²) in [6.07, 6.45) is -0.863. The first kappa shape index (κ1) is 14.8. The standard InChI is InChI=1S/C11H17F3N2O2/c1-15-9(17)8(7-5-3-2-4-6-7)16-10(18)11(12,13)14/h7-8H,2-6H2,1H3,(H,15,17)(H,16,18)/t8-/m0/s1. The van der Waals surface area contributed by atoms with Gasteiger partial charge in [-0.15, -0.1) is 0 Å². The number of halogens is 3. The summed E-state index contributed by atoms with van der Waals surface area (Å²) in [7, 11) is 1.35. The monoisotopic (exact) mass is 266 g/mol. The molecular formula is C11H17F3N2O2. The van der Waals surface area contributed by atoms with Crippen LogP contribution in [0.5, 0.6) is 0 Å². The molecule has 0 aromatic rings. The van der Waals surface area contributed by atoms with Gasteiger partial charge in [-0.3, -0.25) is 9.59 Å². The van der Waals surface area contributed by atoms with Gasteiger partial charge in [0.1, 0.15) is 6.04 Å². The Morgan fingerprint density at radius 1 is 1.17 bits per heavy atom. The highest BCUT2D eigenvalue weighted by Gasteiger charge is 2.42. The molecule has 0 bridgehead atoms. The first-order valence-electron chi connectivity index (χ1n) is 5.95. The Morgan fingerprint density at radius 3 is 2.17 bits per heavy atom. The molecule has 104 valence electrons. The molecule has 0 spiro atoms. The Bertz CT molecular complexity index is 312. The molecule has 0 saturated heterocycles. The zero-order valence-corrected chi connectivity index (χ0v) is 10.1. The zero-order valence-electron chi connectivity index (χ0n) is 10.1. The lowest BCUT2D eigenvalue weighted by Gasteiger charge is -2.29. The van der Waals surface area contributed by atoms with Crippen LogP contribution in [0.25, 0.3) is 0 Å². The van der Waals surface area contributed by atoms with Crippen LogP contribution in [0, 0.1) is 5.92 Å². The minimum absolute atomic E-state index is 0.218. The molecule has 4 nitrogen and oxygen atoms in total. The predicted molar refractivity (Wildman–Crippen MR) is 58.6 cm³/mol. The number of carbonyl (C=O) groups excluding carboxylic acids is 2. The molecular weight excluding hydrogens is 249 g/mol. The number of alkyl halides is 3. The van der Waals surface area contributed by atoms with Crippen LogP contribution >= 0.6 is 0 Å². The number of nitrogens with one attached hydrogen (secondary N) is 2. The molecule has 1 saturated carbocycles. The lowest BCUT2D eigenvalue weighted by molar-refractivity contribution is -0.175. The zero-order chi connectivity index (χ0) is 13.8. The van der Waals surface area contributed by atoms with Crippen molar-refractivity contribution in [3.8, 4) is 0 Å². The van der Waals surface area contributed by atoms with Crippen molar-refractivity contribution >= 4 is 11.8 Å². The van der Waals surface area contributed by atoms with E-state index in [1.165, 1.54) is 7.05 Å². The Morgan fingerprint density at radius 2 is 1.72 bits per heavy atom. The highest BCUT2D eigenvalue weighted by atomic mass is 19.4. The molecule has 1 rings (SSSR count). The van der Waals surface area contributed by atoms with Gasteiger partial charge in [0.2, 0.25) is 5.91 Å². The van der Waals surface area contributed by atoms with Crippen LogP contribution < -0.4 is 10.6 Å². The van der Waals surface area contributed by atoms with Crippen LogP contribution in [0.2, 0.25) is 0 Å². The molecule has 18 heavy (non-hydrogen) atoms. The second-order valence-corrected chi connectivity index (χ2v) is 4.46. The fraction of sp³-hybridized carbons (Fsp3) is 0.818. The smallest absolute Gasteiger partial charge is 0.357 e. The third-order valence-corrected chi connectivity index (χ3v) is 3.19. The molecule has 7 heteroatoms. The molecule has 2 N–H and O–H groups in total. The quantitative estimate of drug-likeness (QED) is 0.810. The first-order valence-corrected chi connectivity index (χ1v) is 5.95. The lowest BCUT2D eigenvalue weighted by Crippen LogP contribution is -2.53. The number of hydrogen-bond donors (Lipinski definition) is 2. The van der Waals surface area contributed by atoms with Gasteiger partial charge in [-0.05, 0) is 18.8 Å². The summed E-state index contributed by atoms with van der Waals surface area (Å²) in [5.74, 6) is -2.84. The molecule has 1 fully saturated rings. The Balaban J connectivity index is 2.72. The SMILES string of the molecule is CNC(=O)[C@@H](NC(=O)C(F)(F)F)C1CCCCC1. The van der Waals surface area contributed by atoms with Crippen molar-refractivity contribution in [1.29, 1.82) is 0 Å². The second kappa shape index (κ2) is 6.06. The van der Waals surface area contributed by atoms with E-state index in [1.807, 2.05) is 0 Å². The van der Waals surface area contributed by atoms with Gasteiger partial charge in [0.05, 0.1) is 0 Å².